The van der Waals surface area contributed by atoms with Crippen molar-refractivity contribution in [3.05, 3.63) is 53.7 Å². The summed E-state index contributed by atoms with van der Waals surface area (Å²) in [6, 6.07) is 11.3. The zero-order valence-electron chi connectivity index (χ0n) is 20.8. The van der Waals surface area contributed by atoms with Crippen LogP contribution in [0.5, 0.6) is 0 Å². The number of benzene rings is 1. The van der Waals surface area contributed by atoms with Gasteiger partial charge in [0.05, 0.1) is 18.1 Å². The predicted molar refractivity (Wildman–Crippen MR) is 150 cm³/mol. The van der Waals surface area contributed by atoms with Crippen molar-refractivity contribution in [3.63, 3.8) is 0 Å². The van der Waals surface area contributed by atoms with Gasteiger partial charge < -0.3 is 16.0 Å². The van der Waals surface area contributed by atoms with E-state index < -0.39 is 0 Å². The van der Waals surface area contributed by atoms with Gasteiger partial charge in [0, 0.05) is 42.6 Å². The highest BCUT2D eigenvalue weighted by Gasteiger charge is 2.05. The smallest absolute Gasteiger partial charge is 0.251 e. The van der Waals surface area contributed by atoms with Gasteiger partial charge in [0.2, 0.25) is 5.91 Å². The third-order valence-corrected chi connectivity index (χ3v) is 6.87. The van der Waals surface area contributed by atoms with Crippen LogP contribution in [0.2, 0.25) is 0 Å². The second-order valence-electron chi connectivity index (χ2n) is 8.57. The fraction of sp³-hybridized carbons (Fsp3) is 0.440. The summed E-state index contributed by atoms with van der Waals surface area (Å²) in [6.07, 6.45) is 3.97. The summed E-state index contributed by atoms with van der Waals surface area (Å²) in [4.78, 5) is 28.2. The molecular weight excluding hydrogens is 480 g/mol. The van der Waals surface area contributed by atoms with E-state index in [9.17, 15) is 9.59 Å². The maximum Gasteiger partial charge on any atom is 0.251 e. The van der Waals surface area contributed by atoms with Crippen molar-refractivity contribution in [3.8, 4) is 0 Å². The number of carbonyl (C=O) groups is 2. The van der Waals surface area contributed by atoms with Crippen LogP contribution in [0.1, 0.15) is 50.0 Å². The van der Waals surface area contributed by atoms with Crippen molar-refractivity contribution in [1.82, 2.24) is 15.6 Å². The Morgan fingerprint density at radius 3 is 2.43 bits per heavy atom. The first kappa shape index (κ1) is 28.5. The number of hydrazone groups is 1. The maximum atomic E-state index is 12.3. The molecule has 10 heteroatoms. The van der Waals surface area contributed by atoms with E-state index in [4.69, 9.17) is 0 Å². The van der Waals surface area contributed by atoms with Gasteiger partial charge in [0.15, 0.2) is 0 Å². The van der Waals surface area contributed by atoms with Gasteiger partial charge in [-0.3, -0.25) is 15.0 Å². The number of hydrogen-bond donors (Lipinski definition) is 4. The summed E-state index contributed by atoms with van der Waals surface area (Å²) >= 11 is 0. The highest BCUT2D eigenvalue weighted by Crippen LogP contribution is 2.21. The topological polar surface area (TPSA) is 108 Å². The van der Waals surface area contributed by atoms with Gasteiger partial charge in [-0.05, 0) is 49.6 Å². The molecule has 0 atom stereocenters. The summed E-state index contributed by atoms with van der Waals surface area (Å²) in [6.45, 7) is 9.69. The molecule has 0 aliphatic heterocycles. The zero-order valence-corrected chi connectivity index (χ0v) is 22.5. The van der Waals surface area contributed by atoms with Crippen LogP contribution in [0.4, 0.5) is 11.5 Å². The average Bonchev–Trinajstić information content (AvgIpc) is 2.82. The number of amides is 2. The lowest BCUT2D eigenvalue weighted by Gasteiger charge is -2.08. The molecule has 2 amide bonds. The monoisotopic (exact) mass is 516 g/mol. The van der Waals surface area contributed by atoms with E-state index in [2.05, 4.69) is 45.3 Å². The summed E-state index contributed by atoms with van der Waals surface area (Å²) in [5.74, 6) is 2.73. The fourth-order valence-corrected chi connectivity index (χ4v) is 4.63. The lowest BCUT2D eigenvalue weighted by atomic mass is 10.1. The van der Waals surface area contributed by atoms with Gasteiger partial charge in [-0.15, -0.1) is 0 Å². The van der Waals surface area contributed by atoms with Crippen LogP contribution in [0, 0.1) is 5.92 Å². The molecule has 2 rings (SSSR count). The van der Waals surface area contributed by atoms with Crippen LogP contribution >= 0.6 is 21.6 Å². The van der Waals surface area contributed by atoms with Crippen LogP contribution in [0.3, 0.4) is 0 Å². The highest BCUT2D eigenvalue weighted by molar-refractivity contribution is 8.76. The van der Waals surface area contributed by atoms with Gasteiger partial charge >= 0.3 is 0 Å². The Bertz CT molecular complexity index is 934. The average molecular weight is 517 g/mol. The predicted octanol–water partition coefficient (Wildman–Crippen LogP) is 4.62. The Morgan fingerprint density at radius 1 is 1.03 bits per heavy atom. The number of carbonyl (C=O) groups excluding carboxylic acids is 2. The third-order valence-electron chi connectivity index (χ3n) is 4.46. The van der Waals surface area contributed by atoms with Crippen molar-refractivity contribution >= 4 is 51.1 Å². The summed E-state index contributed by atoms with van der Waals surface area (Å²) in [5.41, 5.74) is 5.36. The summed E-state index contributed by atoms with van der Waals surface area (Å²) < 4.78 is 0. The van der Waals surface area contributed by atoms with Crippen molar-refractivity contribution in [1.29, 1.82) is 0 Å². The maximum absolute atomic E-state index is 12.3. The van der Waals surface area contributed by atoms with Crippen molar-refractivity contribution in [2.24, 2.45) is 11.0 Å². The number of rotatable bonds is 15. The Hall–Kier alpha value is -2.72. The normalized spacial score (nSPS) is 11.1. The number of anilines is 2. The fourth-order valence-electron chi connectivity index (χ4n) is 2.73. The van der Waals surface area contributed by atoms with Crippen molar-refractivity contribution in [2.75, 3.05) is 35.3 Å². The van der Waals surface area contributed by atoms with Crippen molar-refractivity contribution < 1.29 is 9.59 Å². The largest absolute Gasteiger partial charge is 0.384 e. The lowest BCUT2D eigenvalue weighted by molar-refractivity contribution is -0.121. The molecule has 4 N–H and O–H groups in total. The minimum Gasteiger partial charge on any atom is -0.384 e. The van der Waals surface area contributed by atoms with E-state index in [-0.39, 0.29) is 17.9 Å². The molecule has 0 aliphatic rings. The minimum atomic E-state index is -0.108. The molecule has 8 nitrogen and oxygen atoms in total. The number of aromatic nitrogens is 1. The molecular formula is C25H36N6O2S2. The molecule has 35 heavy (non-hydrogen) atoms. The molecule has 1 aromatic carbocycles. The third kappa shape index (κ3) is 12.5. The molecule has 0 radical (unpaired) electrons. The van der Waals surface area contributed by atoms with E-state index in [0.717, 1.165) is 29.3 Å². The number of nitrogens with one attached hydrogen (secondary N) is 4. The van der Waals surface area contributed by atoms with E-state index >= 15 is 0 Å². The van der Waals surface area contributed by atoms with Gasteiger partial charge in [-0.1, -0.05) is 47.6 Å². The SMILES string of the molecule is CC(C)CNc1ccc(N/N=C/c2ccc(C(=O)NCCSSCCC(=O)NC(C)C)cc2)nc1. The summed E-state index contributed by atoms with van der Waals surface area (Å²) in [7, 11) is 3.30. The molecule has 0 aliphatic carbocycles. The second-order valence-corrected chi connectivity index (χ2v) is 11.3. The Labute approximate surface area is 216 Å². The molecule has 0 fully saturated rings. The number of hydrogen-bond acceptors (Lipinski definition) is 8. The molecule has 1 heterocycles. The molecule has 0 saturated heterocycles. The van der Waals surface area contributed by atoms with Gasteiger partial charge in [-0.25, -0.2) is 4.98 Å². The first-order valence-corrected chi connectivity index (χ1v) is 14.2. The van der Waals surface area contributed by atoms with Gasteiger partial charge in [0.1, 0.15) is 5.82 Å². The van der Waals surface area contributed by atoms with Gasteiger partial charge in [0.25, 0.3) is 5.91 Å². The molecule has 1 aromatic heterocycles. The second kappa shape index (κ2) is 16.0. The summed E-state index contributed by atoms with van der Waals surface area (Å²) in [5, 5.41) is 13.3. The Kier molecular flexibility index (Phi) is 13.1. The first-order chi connectivity index (χ1) is 16.8. The zero-order chi connectivity index (χ0) is 25.5. The minimum absolute atomic E-state index is 0.0751. The van der Waals surface area contributed by atoms with Crippen LogP contribution in [0.15, 0.2) is 47.7 Å². The van der Waals surface area contributed by atoms with Crippen molar-refractivity contribution in [2.45, 2.75) is 40.2 Å². The van der Waals surface area contributed by atoms with E-state index in [0.29, 0.717) is 30.3 Å². The Balaban J connectivity index is 1.64. The molecule has 0 spiro atoms. The van der Waals surface area contributed by atoms with Crippen LogP contribution in [-0.2, 0) is 4.79 Å². The quantitative estimate of drug-likeness (QED) is 0.118. The van der Waals surface area contributed by atoms with E-state index in [1.807, 2.05) is 38.1 Å². The van der Waals surface area contributed by atoms with Crippen LogP contribution in [0.25, 0.3) is 0 Å². The van der Waals surface area contributed by atoms with Crippen LogP contribution < -0.4 is 21.4 Å². The molecule has 2 aromatic rings. The molecule has 190 valence electrons. The first-order valence-electron chi connectivity index (χ1n) is 11.7. The highest BCUT2D eigenvalue weighted by atomic mass is 33.1. The van der Waals surface area contributed by atoms with Gasteiger partial charge in [-0.2, -0.15) is 5.10 Å². The number of nitrogens with zero attached hydrogens (tertiary/aromatic N) is 2. The van der Waals surface area contributed by atoms with E-state index in [1.54, 1.807) is 46.1 Å². The Morgan fingerprint density at radius 2 is 1.77 bits per heavy atom. The van der Waals surface area contributed by atoms with E-state index in [1.165, 1.54) is 0 Å². The molecule has 0 saturated carbocycles. The molecule has 0 bridgehead atoms. The molecule has 0 unspecified atom stereocenters. The standard InChI is InChI=1S/C25H36N6O2S2/c1-18(2)15-27-22-9-10-23(28-17-22)31-29-16-20-5-7-21(8-6-20)25(33)26-12-14-35-34-13-11-24(32)30-19(3)4/h5-10,16-19,27H,11-15H2,1-4H3,(H,26,33)(H,28,31)(H,30,32)/b29-16+. The number of pyridine rings is 1. The lowest BCUT2D eigenvalue weighted by Crippen LogP contribution is -2.30. The van der Waals surface area contributed by atoms with Crippen LogP contribution in [-0.4, -0.2) is 53.6 Å².